The number of carbonyl (C=O) groups excluding carboxylic acids is 1. The van der Waals surface area contributed by atoms with Gasteiger partial charge in [0.05, 0.1) is 7.11 Å². The maximum Gasteiger partial charge on any atom is 0.333 e. The first-order valence-electron chi connectivity index (χ1n) is 9.54. The average Bonchev–Trinajstić information content (AvgIpc) is 3.10. The minimum absolute atomic E-state index is 0.207. The summed E-state index contributed by atoms with van der Waals surface area (Å²) in [4.78, 5) is 44.3. The third kappa shape index (κ3) is 3.00. The number of fused-ring (bicyclic) bond motifs is 3. The van der Waals surface area contributed by atoms with Gasteiger partial charge in [-0.1, -0.05) is 24.6 Å². The molecule has 0 saturated carbocycles. The van der Waals surface area contributed by atoms with Crippen molar-refractivity contribution >= 4 is 40.4 Å². The highest BCUT2D eigenvalue weighted by Crippen LogP contribution is 2.36. The van der Waals surface area contributed by atoms with Crippen LogP contribution in [-0.4, -0.2) is 38.3 Å². The first-order chi connectivity index (χ1) is 14.2. The largest absolute Gasteiger partial charge is 0.468 e. The van der Waals surface area contributed by atoms with Crippen molar-refractivity contribution in [3.63, 3.8) is 0 Å². The van der Waals surface area contributed by atoms with Gasteiger partial charge in [0.1, 0.15) is 6.54 Å². The number of anilines is 2. The van der Waals surface area contributed by atoms with E-state index in [4.69, 9.17) is 11.6 Å². The van der Waals surface area contributed by atoms with E-state index in [0.717, 1.165) is 15.8 Å². The van der Waals surface area contributed by atoms with Crippen LogP contribution in [-0.2, 0) is 29.7 Å². The highest BCUT2D eigenvalue weighted by molar-refractivity contribution is 6.31. The second-order valence-electron chi connectivity index (χ2n) is 7.60. The quantitative estimate of drug-likeness (QED) is 0.587. The summed E-state index contributed by atoms with van der Waals surface area (Å²) in [5, 5.41) is 0.640. The fourth-order valence-electron chi connectivity index (χ4n) is 3.93. The van der Waals surface area contributed by atoms with Gasteiger partial charge in [0, 0.05) is 30.8 Å². The summed E-state index contributed by atoms with van der Waals surface area (Å²) in [5.41, 5.74) is 1.18. The lowest BCUT2D eigenvalue weighted by atomic mass is 10.1. The molecule has 4 rings (SSSR count). The molecule has 0 saturated heterocycles. The van der Waals surface area contributed by atoms with Crippen LogP contribution in [0, 0.1) is 12.8 Å². The van der Waals surface area contributed by atoms with Gasteiger partial charge in [-0.15, -0.1) is 0 Å². The number of hydrogen-bond donors (Lipinski definition) is 0. The van der Waals surface area contributed by atoms with Crippen LogP contribution in [0.5, 0.6) is 0 Å². The molecule has 9 nitrogen and oxygen atoms in total. The van der Waals surface area contributed by atoms with Crippen LogP contribution in [0.1, 0.15) is 12.5 Å². The predicted molar refractivity (Wildman–Crippen MR) is 114 cm³/mol. The van der Waals surface area contributed by atoms with E-state index in [0.29, 0.717) is 24.1 Å². The number of esters is 1. The van der Waals surface area contributed by atoms with E-state index < -0.39 is 23.8 Å². The highest BCUT2D eigenvalue weighted by atomic mass is 35.5. The molecule has 3 aromatic rings. The van der Waals surface area contributed by atoms with Crippen LogP contribution < -0.4 is 16.1 Å². The lowest BCUT2D eigenvalue weighted by molar-refractivity contribution is -0.141. The van der Waals surface area contributed by atoms with Gasteiger partial charge in [-0.05, 0) is 30.5 Å². The zero-order valence-electron chi connectivity index (χ0n) is 17.2. The number of hydrogen-bond acceptors (Lipinski definition) is 6. The normalized spacial score (nSPS) is 16.0. The number of aryl methyl sites for hydroxylation is 1. The minimum Gasteiger partial charge on any atom is -0.468 e. The molecule has 0 unspecified atom stereocenters. The molecule has 0 amide bonds. The second-order valence-corrected chi connectivity index (χ2v) is 8.01. The van der Waals surface area contributed by atoms with Crippen molar-refractivity contribution in [3.05, 3.63) is 49.6 Å². The molecular formula is C20H22ClN5O4. The van der Waals surface area contributed by atoms with Gasteiger partial charge < -0.3 is 14.2 Å². The van der Waals surface area contributed by atoms with Crippen molar-refractivity contribution in [1.29, 1.82) is 0 Å². The van der Waals surface area contributed by atoms with Gasteiger partial charge in [-0.2, -0.15) is 4.98 Å². The molecule has 1 aromatic carbocycles. The molecule has 0 radical (unpaired) electrons. The molecule has 1 atom stereocenters. The Hall–Kier alpha value is -3.07. The number of nitrogens with zero attached hydrogens (tertiary/aromatic N) is 5. The van der Waals surface area contributed by atoms with Gasteiger partial charge in [-0.3, -0.25) is 14.2 Å². The Morgan fingerprint density at radius 2 is 2.03 bits per heavy atom. The lowest BCUT2D eigenvalue weighted by Crippen LogP contribution is -2.42. The molecule has 0 N–H and O–H groups in total. The summed E-state index contributed by atoms with van der Waals surface area (Å²) in [6.07, 6.45) is 0. The summed E-state index contributed by atoms with van der Waals surface area (Å²) in [7, 11) is 2.75. The van der Waals surface area contributed by atoms with Crippen LogP contribution in [0.4, 0.5) is 11.6 Å². The van der Waals surface area contributed by atoms with Crippen LogP contribution >= 0.6 is 11.6 Å². The Bertz CT molecular complexity index is 1290. The first-order valence-corrected chi connectivity index (χ1v) is 9.92. The van der Waals surface area contributed by atoms with Crippen LogP contribution in [0.15, 0.2) is 27.8 Å². The first kappa shape index (κ1) is 20.2. The molecule has 0 spiro atoms. The summed E-state index contributed by atoms with van der Waals surface area (Å²) in [6, 6.07) is 5.65. The molecular weight excluding hydrogens is 410 g/mol. The van der Waals surface area contributed by atoms with Crippen LogP contribution in [0.25, 0.3) is 11.2 Å². The smallest absolute Gasteiger partial charge is 0.333 e. The summed E-state index contributed by atoms with van der Waals surface area (Å²) >= 11 is 6.33. The second kappa shape index (κ2) is 7.32. The Labute approximate surface area is 177 Å². The van der Waals surface area contributed by atoms with Gasteiger partial charge in [0.15, 0.2) is 11.2 Å². The Balaban J connectivity index is 2.01. The number of halogens is 1. The lowest BCUT2D eigenvalue weighted by Gasteiger charge is -2.34. The third-order valence-corrected chi connectivity index (χ3v) is 5.90. The fraction of sp³-hybridized carbons (Fsp3) is 0.400. The van der Waals surface area contributed by atoms with E-state index in [1.165, 1.54) is 18.7 Å². The summed E-state index contributed by atoms with van der Waals surface area (Å²) in [5.74, 6) is 0.104. The Kier molecular flexibility index (Phi) is 4.93. The van der Waals surface area contributed by atoms with Gasteiger partial charge in [0.2, 0.25) is 5.95 Å². The summed E-state index contributed by atoms with van der Waals surface area (Å²) in [6.45, 7) is 4.81. The maximum atomic E-state index is 13.2. The number of methoxy groups -OCH3 is 1. The Morgan fingerprint density at radius 3 is 2.73 bits per heavy atom. The minimum atomic E-state index is -0.670. The standard InChI is InChI=1S/C20H22ClN5O4/c1-11-8-24(14-7-5-6-13(21)12(14)2)19-22-17-16(25(19)9-11)18(28)26(10-15(27)30-4)20(29)23(17)3/h5-7,11H,8-10H2,1-4H3/t11-/m1/s1. The highest BCUT2D eigenvalue weighted by Gasteiger charge is 2.30. The molecule has 1 aliphatic heterocycles. The molecule has 2 aromatic heterocycles. The maximum absolute atomic E-state index is 13.2. The molecule has 0 fully saturated rings. The zero-order chi connectivity index (χ0) is 21.7. The van der Waals surface area contributed by atoms with Crippen molar-refractivity contribution < 1.29 is 9.53 Å². The molecule has 0 aliphatic carbocycles. The van der Waals surface area contributed by atoms with E-state index in [9.17, 15) is 14.4 Å². The van der Waals surface area contributed by atoms with Gasteiger partial charge in [-0.25, -0.2) is 9.36 Å². The van der Waals surface area contributed by atoms with Crippen molar-refractivity contribution in [1.82, 2.24) is 18.7 Å². The van der Waals surface area contributed by atoms with Gasteiger partial charge >= 0.3 is 11.7 Å². The van der Waals surface area contributed by atoms with E-state index in [-0.39, 0.29) is 17.1 Å². The monoisotopic (exact) mass is 431 g/mol. The van der Waals surface area contributed by atoms with Gasteiger partial charge in [0.25, 0.3) is 5.56 Å². The molecule has 3 heterocycles. The fourth-order valence-corrected chi connectivity index (χ4v) is 4.10. The average molecular weight is 432 g/mol. The van der Waals surface area contributed by atoms with Crippen molar-refractivity contribution in [2.24, 2.45) is 13.0 Å². The predicted octanol–water partition coefficient (Wildman–Crippen LogP) is 1.82. The van der Waals surface area contributed by atoms with Crippen molar-refractivity contribution in [3.8, 4) is 0 Å². The molecule has 0 bridgehead atoms. The number of ether oxygens (including phenoxy) is 1. The number of carbonyl (C=O) groups is 1. The van der Waals surface area contributed by atoms with Crippen molar-refractivity contribution in [2.75, 3.05) is 18.6 Å². The molecule has 158 valence electrons. The SMILES string of the molecule is COC(=O)Cn1c(=O)c2c(nc3n2C[C@H](C)CN3c2cccc(Cl)c2C)n(C)c1=O. The number of rotatable bonds is 3. The van der Waals surface area contributed by atoms with E-state index in [1.54, 1.807) is 0 Å². The number of imidazole rings is 1. The zero-order valence-corrected chi connectivity index (χ0v) is 17.9. The Morgan fingerprint density at radius 1 is 1.30 bits per heavy atom. The molecule has 1 aliphatic rings. The molecule has 30 heavy (non-hydrogen) atoms. The number of benzene rings is 1. The van der Waals surface area contributed by atoms with Crippen LogP contribution in [0.3, 0.4) is 0 Å². The number of aromatic nitrogens is 4. The molecule has 10 heteroatoms. The van der Waals surface area contributed by atoms with E-state index >= 15 is 0 Å². The topological polar surface area (TPSA) is 91.4 Å². The van der Waals surface area contributed by atoms with Crippen molar-refractivity contribution in [2.45, 2.75) is 26.9 Å². The van der Waals surface area contributed by atoms with E-state index in [1.807, 2.05) is 34.6 Å². The third-order valence-electron chi connectivity index (χ3n) is 5.49. The van der Waals surface area contributed by atoms with Crippen LogP contribution in [0.2, 0.25) is 5.02 Å². The van der Waals surface area contributed by atoms with E-state index in [2.05, 4.69) is 16.6 Å². The summed E-state index contributed by atoms with van der Waals surface area (Å²) < 4.78 is 8.63.